The number of pyridine rings is 1. The first kappa shape index (κ1) is 16.3. The van der Waals surface area contributed by atoms with E-state index in [2.05, 4.69) is 21.8 Å². The Morgan fingerprint density at radius 3 is 2.78 bits per heavy atom. The van der Waals surface area contributed by atoms with Crippen molar-refractivity contribution >= 4 is 22.8 Å². The second kappa shape index (κ2) is 7.81. The lowest BCUT2D eigenvalue weighted by Gasteiger charge is -2.35. The van der Waals surface area contributed by atoms with Crippen LogP contribution in [-0.2, 0) is 11.2 Å². The van der Waals surface area contributed by atoms with Crippen LogP contribution in [0, 0.1) is 0 Å². The fourth-order valence-corrected chi connectivity index (χ4v) is 3.90. The number of hydrogen-bond acceptors (Lipinski definition) is 5. The smallest absolute Gasteiger partial charge is 0.222 e. The molecule has 0 N–H and O–H groups in total. The molecular weight excluding hydrogens is 308 g/mol. The van der Waals surface area contributed by atoms with Crippen LogP contribution >= 0.6 is 11.8 Å². The Kier molecular flexibility index (Phi) is 5.54. The fraction of sp³-hybridized carbons (Fsp3) is 0.588. The Morgan fingerprint density at radius 1 is 1.30 bits per heavy atom. The number of carbonyl (C=O) groups is 1. The molecule has 6 heteroatoms. The van der Waals surface area contributed by atoms with Crippen LogP contribution < -0.4 is 0 Å². The van der Waals surface area contributed by atoms with Crippen LogP contribution in [0.3, 0.4) is 0 Å². The molecule has 2 aliphatic heterocycles. The molecule has 3 rings (SSSR count). The van der Waals surface area contributed by atoms with Gasteiger partial charge in [-0.05, 0) is 25.0 Å². The molecule has 1 atom stereocenters. The molecule has 0 saturated carbocycles. The zero-order valence-corrected chi connectivity index (χ0v) is 14.5. The summed E-state index contributed by atoms with van der Waals surface area (Å²) >= 11 is 1.86. The summed E-state index contributed by atoms with van der Waals surface area (Å²) in [7, 11) is 0. The molecular formula is C17H24N4OS. The topological polar surface area (TPSA) is 48.8 Å². The summed E-state index contributed by atoms with van der Waals surface area (Å²) in [6.07, 6.45) is 4.16. The molecule has 1 aromatic rings. The van der Waals surface area contributed by atoms with Crippen molar-refractivity contribution in [3.8, 4) is 0 Å². The summed E-state index contributed by atoms with van der Waals surface area (Å²) in [4.78, 5) is 25.5. The summed E-state index contributed by atoms with van der Waals surface area (Å²) in [5.74, 6) is 0.273. The maximum Gasteiger partial charge on any atom is 0.222 e. The van der Waals surface area contributed by atoms with Gasteiger partial charge in [-0.2, -0.15) is 0 Å². The number of aliphatic imine (C=N–C) groups is 1. The van der Waals surface area contributed by atoms with E-state index in [1.165, 1.54) is 5.17 Å². The molecule has 124 valence electrons. The number of rotatable bonds is 4. The van der Waals surface area contributed by atoms with Crippen LogP contribution in [0.4, 0.5) is 0 Å². The van der Waals surface area contributed by atoms with Gasteiger partial charge in [0.1, 0.15) is 0 Å². The highest BCUT2D eigenvalue weighted by atomic mass is 32.2. The molecule has 0 bridgehead atoms. The van der Waals surface area contributed by atoms with Gasteiger partial charge in [0.25, 0.3) is 0 Å². The standard InChI is InChI=1S/C17H24N4OS/c1-14-13-19-17(23-14)21-11-9-20(10-12-21)16(22)7-4-6-15-5-2-3-8-18-15/h2-3,5,8,14H,4,6-7,9-13H2,1H3/t14-/m0/s1. The largest absolute Gasteiger partial charge is 0.348 e. The fourth-order valence-electron chi connectivity index (χ4n) is 2.91. The molecule has 1 aromatic heterocycles. The van der Waals surface area contributed by atoms with Gasteiger partial charge in [0.05, 0.1) is 6.54 Å². The molecule has 23 heavy (non-hydrogen) atoms. The second-order valence-corrected chi connectivity index (χ2v) is 7.50. The van der Waals surface area contributed by atoms with Gasteiger partial charge in [-0.25, -0.2) is 0 Å². The number of carbonyl (C=O) groups excluding carboxylic acids is 1. The van der Waals surface area contributed by atoms with Gasteiger partial charge in [0.2, 0.25) is 5.91 Å². The molecule has 3 heterocycles. The van der Waals surface area contributed by atoms with E-state index < -0.39 is 0 Å². The van der Waals surface area contributed by atoms with Crippen LogP contribution in [-0.4, -0.2) is 63.8 Å². The Labute approximate surface area is 142 Å². The number of hydrogen-bond donors (Lipinski definition) is 0. The first-order valence-corrected chi connectivity index (χ1v) is 9.24. The monoisotopic (exact) mass is 332 g/mol. The molecule has 0 aromatic carbocycles. The van der Waals surface area contributed by atoms with E-state index in [1.807, 2.05) is 34.9 Å². The van der Waals surface area contributed by atoms with E-state index in [4.69, 9.17) is 0 Å². The molecule has 1 fully saturated rings. The number of amidine groups is 1. The van der Waals surface area contributed by atoms with Crippen LogP contribution in [0.5, 0.6) is 0 Å². The molecule has 0 spiro atoms. The lowest BCUT2D eigenvalue weighted by molar-refractivity contribution is -0.132. The highest BCUT2D eigenvalue weighted by Gasteiger charge is 2.26. The summed E-state index contributed by atoms with van der Waals surface area (Å²) in [5, 5.41) is 1.76. The van der Waals surface area contributed by atoms with Crippen molar-refractivity contribution in [2.45, 2.75) is 31.4 Å². The summed E-state index contributed by atoms with van der Waals surface area (Å²) in [6.45, 7) is 6.58. The third-order valence-electron chi connectivity index (χ3n) is 4.24. The highest BCUT2D eigenvalue weighted by molar-refractivity contribution is 8.14. The van der Waals surface area contributed by atoms with Gasteiger partial charge in [-0.3, -0.25) is 14.8 Å². The molecule has 0 aliphatic carbocycles. The number of amides is 1. The summed E-state index contributed by atoms with van der Waals surface area (Å²) < 4.78 is 0. The van der Waals surface area contributed by atoms with Crippen molar-refractivity contribution in [3.63, 3.8) is 0 Å². The van der Waals surface area contributed by atoms with E-state index >= 15 is 0 Å². The first-order chi connectivity index (χ1) is 11.2. The average Bonchev–Trinajstić information content (AvgIpc) is 3.02. The zero-order chi connectivity index (χ0) is 16.1. The SMILES string of the molecule is C[C@H]1CN=C(N2CCN(C(=O)CCCc3ccccn3)CC2)S1. The van der Waals surface area contributed by atoms with Crippen LogP contribution in [0.2, 0.25) is 0 Å². The quantitative estimate of drug-likeness (QED) is 0.847. The Hall–Kier alpha value is -1.56. The van der Waals surface area contributed by atoms with Gasteiger partial charge in [-0.1, -0.05) is 24.8 Å². The van der Waals surface area contributed by atoms with E-state index in [0.29, 0.717) is 11.7 Å². The van der Waals surface area contributed by atoms with Gasteiger partial charge >= 0.3 is 0 Å². The Bertz CT molecular complexity index is 555. The van der Waals surface area contributed by atoms with Crippen molar-refractivity contribution in [1.82, 2.24) is 14.8 Å². The van der Waals surface area contributed by atoms with E-state index in [0.717, 1.165) is 51.3 Å². The number of nitrogens with zero attached hydrogens (tertiary/aromatic N) is 4. The highest BCUT2D eigenvalue weighted by Crippen LogP contribution is 2.23. The van der Waals surface area contributed by atoms with Crippen LogP contribution in [0.15, 0.2) is 29.4 Å². The third-order valence-corrected chi connectivity index (χ3v) is 5.39. The number of aryl methyl sites for hydroxylation is 1. The molecule has 5 nitrogen and oxygen atoms in total. The average molecular weight is 332 g/mol. The second-order valence-electron chi connectivity index (χ2n) is 6.09. The minimum atomic E-state index is 0.273. The van der Waals surface area contributed by atoms with Crippen molar-refractivity contribution < 1.29 is 4.79 Å². The van der Waals surface area contributed by atoms with Crippen molar-refractivity contribution in [2.75, 3.05) is 32.7 Å². The molecule has 0 unspecified atom stereocenters. The minimum absolute atomic E-state index is 0.273. The van der Waals surface area contributed by atoms with E-state index in [9.17, 15) is 4.79 Å². The van der Waals surface area contributed by atoms with Crippen molar-refractivity contribution in [2.24, 2.45) is 4.99 Å². The third kappa shape index (κ3) is 4.47. The normalized spacial score (nSPS) is 21.4. The lowest BCUT2D eigenvalue weighted by Crippen LogP contribution is -2.49. The molecule has 1 amide bonds. The predicted octanol–water partition coefficient (Wildman–Crippen LogP) is 2.04. The maximum absolute atomic E-state index is 12.3. The summed E-state index contributed by atoms with van der Waals surface area (Å²) in [6, 6.07) is 5.93. The predicted molar refractivity (Wildman–Crippen MR) is 94.7 cm³/mol. The van der Waals surface area contributed by atoms with Crippen molar-refractivity contribution in [1.29, 1.82) is 0 Å². The van der Waals surface area contributed by atoms with Crippen LogP contribution in [0.25, 0.3) is 0 Å². The Balaban J connectivity index is 1.38. The van der Waals surface area contributed by atoms with Gasteiger partial charge in [-0.15, -0.1) is 0 Å². The number of piperazine rings is 1. The van der Waals surface area contributed by atoms with Gasteiger partial charge < -0.3 is 9.80 Å². The Morgan fingerprint density at radius 2 is 2.13 bits per heavy atom. The molecule has 0 radical (unpaired) electrons. The van der Waals surface area contributed by atoms with Gasteiger partial charge in [0.15, 0.2) is 5.17 Å². The number of thioether (sulfide) groups is 1. The minimum Gasteiger partial charge on any atom is -0.348 e. The van der Waals surface area contributed by atoms with E-state index in [1.54, 1.807) is 6.20 Å². The lowest BCUT2D eigenvalue weighted by atomic mass is 10.1. The van der Waals surface area contributed by atoms with Crippen LogP contribution in [0.1, 0.15) is 25.5 Å². The molecule has 2 aliphatic rings. The first-order valence-electron chi connectivity index (χ1n) is 8.36. The number of aromatic nitrogens is 1. The maximum atomic E-state index is 12.3. The van der Waals surface area contributed by atoms with Gasteiger partial charge in [0, 0.05) is 49.7 Å². The molecule has 1 saturated heterocycles. The van der Waals surface area contributed by atoms with E-state index in [-0.39, 0.29) is 5.91 Å². The zero-order valence-electron chi connectivity index (χ0n) is 13.6. The van der Waals surface area contributed by atoms with Crippen molar-refractivity contribution in [3.05, 3.63) is 30.1 Å². The summed E-state index contributed by atoms with van der Waals surface area (Å²) in [5.41, 5.74) is 1.07.